The van der Waals surface area contributed by atoms with Crippen molar-refractivity contribution < 1.29 is 39.6 Å². The number of nitrogens with two attached hydrogens (primary N) is 1. The Morgan fingerprint density at radius 3 is 2.31 bits per heavy atom. The van der Waals surface area contributed by atoms with Crippen molar-refractivity contribution in [1.82, 2.24) is 10.6 Å². The van der Waals surface area contributed by atoms with E-state index in [1.54, 1.807) is 19.1 Å². The lowest BCUT2D eigenvalue weighted by Gasteiger charge is -2.23. The van der Waals surface area contributed by atoms with E-state index in [1.807, 2.05) is 26.0 Å². The van der Waals surface area contributed by atoms with Gasteiger partial charge in [-0.25, -0.2) is 4.79 Å². The molecule has 11 nitrogen and oxygen atoms in total. The predicted octanol–water partition coefficient (Wildman–Crippen LogP) is 3.05. The molecule has 0 aromatic carbocycles. The van der Waals surface area contributed by atoms with Gasteiger partial charge in [0.15, 0.2) is 0 Å². The molecule has 42 heavy (non-hydrogen) atoms. The highest BCUT2D eigenvalue weighted by atomic mass is 16.4. The number of rotatable bonds is 3. The topological polar surface area (TPSA) is 199 Å². The molecule has 2 bridgehead atoms. The number of aliphatic hydroxyl groups is 3. The first-order chi connectivity index (χ1) is 19.9. The fraction of sp³-hybridized carbons (Fsp3) is 0.484. The number of hydrogen-bond acceptors (Lipinski definition) is 8. The average molecular weight is 592 g/mol. The fourth-order valence-electron chi connectivity index (χ4n) is 4.08. The highest BCUT2D eigenvalue weighted by Crippen LogP contribution is 2.27. The van der Waals surface area contributed by atoms with E-state index in [0.29, 0.717) is 37.0 Å². The first-order valence-corrected chi connectivity index (χ1v) is 13.6. The Kier molecular flexibility index (Phi) is 21.9. The predicted molar refractivity (Wildman–Crippen MR) is 164 cm³/mol. The maximum Gasteiger partial charge on any atom is 0.402 e. The van der Waals surface area contributed by atoms with Crippen LogP contribution in [0, 0.1) is 11.8 Å². The molecule has 1 heterocycles. The summed E-state index contributed by atoms with van der Waals surface area (Å²) in [6.07, 6.45) is 12.0. The van der Waals surface area contributed by atoms with Crippen molar-refractivity contribution in [1.29, 1.82) is 0 Å². The van der Waals surface area contributed by atoms with E-state index >= 15 is 0 Å². The Hall–Kier alpha value is -3.80. The minimum Gasteiger partial charge on any atom is -0.465 e. The van der Waals surface area contributed by atoms with E-state index < -0.39 is 18.1 Å². The Bertz CT molecular complexity index is 1070. The van der Waals surface area contributed by atoms with E-state index in [-0.39, 0.29) is 34.8 Å². The van der Waals surface area contributed by atoms with Gasteiger partial charge in [0, 0.05) is 43.9 Å². The summed E-state index contributed by atoms with van der Waals surface area (Å²) in [4.78, 5) is 47.5. The molecule has 2 aliphatic rings. The van der Waals surface area contributed by atoms with Crippen molar-refractivity contribution in [3.63, 3.8) is 0 Å². The van der Waals surface area contributed by atoms with Gasteiger partial charge in [0.05, 0.1) is 17.5 Å². The van der Waals surface area contributed by atoms with E-state index in [1.165, 1.54) is 11.6 Å². The molecule has 8 N–H and O–H groups in total. The smallest absolute Gasteiger partial charge is 0.402 e. The van der Waals surface area contributed by atoms with Crippen molar-refractivity contribution in [3.8, 4) is 0 Å². The highest BCUT2D eigenvalue weighted by molar-refractivity contribution is 6.23. The lowest BCUT2D eigenvalue weighted by molar-refractivity contribution is -0.120. The molecule has 3 atom stereocenters. The van der Waals surface area contributed by atoms with E-state index in [4.69, 9.17) is 20.1 Å². The van der Waals surface area contributed by atoms with Crippen LogP contribution >= 0.6 is 0 Å². The van der Waals surface area contributed by atoms with Gasteiger partial charge in [0.1, 0.15) is 0 Å². The number of fused-ring (bicyclic) bond motifs is 2. The van der Waals surface area contributed by atoms with Crippen molar-refractivity contribution >= 4 is 23.6 Å². The lowest BCUT2D eigenvalue weighted by Crippen LogP contribution is -2.36. The Balaban J connectivity index is 0. The van der Waals surface area contributed by atoms with Gasteiger partial charge in [-0.2, -0.15) is 0 Å². The van der Waals surface area contributed by atoms with Crippen LogP contribution in [0.4, 0.5) is 4.79 Å². The molecule has 0 aromatic rings. The largest absolute Gasteiger partial charge is 0.465 e. The number of primary amides is 1. The maximum atomic E-state index is 13.3. The summed E-state index contributed by atoms with van der Waals surface area (Å²) in [5.74, 6) is -1.04. The second-order valence-electron chi connectivity index (χ2n) is 9.71. The molecule has 0 aromatic heterocycles. The number of carbonyl (C=O) groups is 4. The van der Waals surface area contributed by atoms with Crippen LogP contribution in [0.25, 0.3) is 0 Å². The summed E-state index contributed by atoms with van der Waals surface area (Å²) in [6, 6.07) is 0. The third-order valence-electron chi connectivity index (χ3n) is 6.22. The molecule has 0 saturated carbocycles. The number of carboxylic acid groups (broad SMARTS) is 1. The zero-order valence-corrected chi connectivity index (χ0v) is 25.6. The van der Waals surface area contributed by atoms with Crippen molar-refractivity contribution in [2.75, 3.05) is 20.8 Å². The molecule has 0 radical (unpaired) electrons. The number of Topliss-reactive ketones (excluding diaryl/α,β-unsaturated/α-hetero) is 1. The Labute approximate surface area is 249 Å². The molecule has 2 amide bonds. The molecule has 0 fully saturated rings. The molecule has 0 spiro atoms. The Morgan fingerprint density at radius 2 is 1.74 bits per heavy atom. The van der Waals surface area contributed by atoms with Crippen molar-refractivity contribution in [2.24, 2.45) is 17.6 Å². The molecule has 0 saturated heterocycles. The molecular weight excluding hydrogens is 542 g/mol. The van der Waals surface area contributed by atoms with Gasteiger partial charge >= 0.3 is 6.09 Å². The van der Waals surface area contributed by atoms with Gasteiger partial charge in [-0.1, -0.05) is 49.8 Å². The maximum absolute atomic E-state index is 13.3. The van der Waals surface area contributed by atoms with Gasteiger partial charge in [0.25, 0.3) is 5.91 Å². The van der Waals surface area contributed by atoms with Crippen LogP contribution in [-0.2, 0) is 14.4 Å². The molecule has 2 rings (SSSR count). The first-order valence-electron chi connectivity index (χ1n) is 13.6. The van der Waals surface area contributed by atoms with Crippen LogP contribution in [0.15, 0.2) is 71.1 Å². The van der Waals surface area contributed by atoms with Gasteiger partial charge in [-0.05, 0) is 51.9 Å². The summed E-state index contributed by atoms with van der Waals surface area (Å²) >= 11 is 0. The molecule has 11 heteroatoms. The van der Waals surface area contributed by atoms with Crippen molar-refractivity contribution in [2.45, 2.75) is 65.9 Å². The Morgan fingerprint density at radius 1 is 1.14 bits per heavy atom. The summed E-state index contributed by atoms with van der Waals surface area (Å²) in [6.45, 7) is 11.8. The molecule has 1 aliphatic heterocycles. The van der Waals surface area contributed by atoms with Gasteiger partial charge in [0.2, 0.25) is 11.6 Å². The molecule has 3 unspecified atom stereocenters. The van der Waals surface area contributed by atoms with E-state index in [9.17, 15) is 19.5 Å². The quantitative estimate of drug-likeness (QED) is 0.190. The zero-order valence-electron chi connectivity index (χ0n) is 25.6. The SMILES string of the molecule is C=CCNC1=C2CC(C)CCC(O)C(C)/C=C(\C)CC/C=C\C=C(/C)C(=O)NC(=CC1=O)C2=O.CO.CO.NC(=O)O. The standard InChI is InChI=1S/C28H38N2O4.CH3NO2.2CH4O/c1-6-14-29-26-22-16-19(3)12-13-24(31)21(5)15-18(2)10-8-7-9-11-20(4)28(34)30-23(27(22)33)17-25(26)32;2-1(3)4;2*1-2/h6-7,9,11,15,17,19,21,24,29,31H,1,8,10,12-14,16H2,2-5H3,(H,30,34);2H2,(H,3,4);2*2H,1H3/b9-7-,18-15+,20-11+;;;. The van der Waals surface area contributed by atoms with Gasteiger partial charge in [-0.3, -0.25) is 14.4 Å². The number of ketones is 2. The lowest BCUT2D eigenvalue weighted by atomic mass is 9.86. The van der Waals surface area contributed by atoms with E-state index in [0.717, 1.165) is 27.1 Å². The van der Waals surface area contributed by atoms with Crippen LogP contribution in [0.5, 0.6) is 0 Å². The van der Waals surface area contributed by atoms with Crippen LogP contribution in [-0.4, -0.2) is 70.9 Å². The van der Waals surface area contributed by atoms with Crippen LogP contribution in [0.1, 0.15) is 59.8 Å². The number of aliphatic hydroxyl groups excluding tert-OH is 3. The van der Waals surface area contributed by atoms with Gasteiger partial charge in [-0.15, -0.1) is 6.58 Å². The third-order valence-corrected chi connectivity index (χ3v) is 6.22. The average Bonchev–Trinajstić information content (AvgIpc) is 2.95. The number of allylic oxidation sites excluding steroid dienone is 6. The summed E-state index contributed by atoms with van der Waals surface area (Å²) < 4.78 is 0. The monoisotopic (exact) mass is 591 g/mol. The van der Waals surface area contributed by atoms with E-state index in [2.05, 4.69) is 35.9 Å². The molecular formula is C31H49N3O8. The summed E-state index contributed by atoms with van der Waals surface area (Å²) in [7, 11) is 2.00. The van der Waals surface area contributed by atoms with Crippen LogP contribution < -0.4 is 16.4 Å². The van der Waals surface area contributed by atoms with Crippen molar-refractivity contribution in [3.05, 3.63) is 71.1 Å². The minimum atomic E-state index is -1.33. The van der Waals surface area contributed by atoms with Gasteiger partial charge < -0.3 is 36.8 Å². The molecule has 236 valence electrons. The zero-order chi connectivity index (χ0) is 32.8. The van der Waals surface area contributed by atoms with Crippen LogP contribution in [0.3, 0.4) is 0 Å². The number of amides is 2. The highest BCUT2D eigenvalue weighted by Gasteiger charge is 2.30. The second-order valence-corrected chi connectivity index (χ2v) is 9.71. The first kappa shape index (κ1) is 40.3. The van der Waals surface area contributed by atoms with Crippen LogP contribution in [0.2, 0.25) is 0 Å². The number of carbonyl (C=O) groups excluding carboxylic acids is 3. The normalized spacial score (nSPS) is 25.0. The fourth-order valence-corrected chi connectivity index (χ4v) is 4.08. The number of nitrogens with one attached hydrogen (secondary N) is 2. The summed E-state index contributed by atoms with van der Waals surface area (Å²) in [5, 5.41) is 37.5. The minimum absolute atomic E-state index is 0.00974. The third kappa shape index (κ3) is 15.8. The second kappa shape index (κ2) is 22.8. The summed E-state index contributed by atoms with van der Waals surface area (Å²) in [5.41, 5.74) is 6.28. The number of hydrogen-bond donors (Lipinski definition) is 7. The molecule has 1 aliphatic carbocycles.